The Kier molecular flexibility index (Phi) is 6.21. The van der Waals surface area contributed by atoms with Gasteiger partial charge in [0.05, 0.1) is 0 Å². The Bertz CT molecular complexity index is 671. The van der Waals surface area contributed by atoms with Crippen molar-refractivity contribution < 1.29 is 9.59 Å². The maximum absolute atomic E-state index is 12.1. The van der Waals surface area contributed by atoms with E-state index in [9.17, 15) is 14.9 Å². The van der Waals surface area contributed by atoms with Crippen molar-refractivity contribution >= 4 is 23.4 Å². The van der Waals surface area contributed by atoms with Gasteiger partial charge in [0.15, 0.2) is 0 Å². The molecule has 0 aromatic heterocycles. The summed E-state index contributed by atoms with van der Waals surface area (Å²) in [5.41, 5.74) is 0.959. The molecule has 126 valence electrons. The van der Waals surface area contributed by atoms with Crippen molar-refractivity contribution in [2.45, 2.75) is 13.5 Å². The zero-order valence-electron chi connectivity index (χ0n) is 13.5. The van der Waals surface area contributed by atoms with Gasteiger partial charge < -0.3 is 15.1 Å². The van der Waals surface area contributed by atoms with Crippen molar-refractivity contribution in [2.75, 3.05) is 26.2 Å². The molecule has 2 amide bonds. The second-order valence-corrected chi connectivity index (χ2v) is 5.94. The van der Waals surface area contributed by atoms with E-state index in [1.54, 1.807) is 23.2 Å². The van der Waals surface area contributed by atoms with Gasteiger partial charge in [-0.1, -0.05) is 23.7 Å². The van der Waals surface area contributed by atoms with Crippen LogP contribution in [0.3, 0.4) is 0 Å². The number of halogens is 1. The first-order valence-electron chi connectivity index (χ1n) is 7.63. The van der Waals surface area contributed by atoms with Crippen LogP contribution in [0, 0.1) is 11.3 Å². The molecule has 0 radical (unpaired) electrons. The molecule has 1 aliphatic heterocycles. The first kappa shape index (κ1) is 17.8. The first-order chi connectivity index (χ1) is 11.5. The zero-order chi connectivity index (χ0) is 17.5. The van der Waals surface area contributed by atoms with Crippen LogP contribution in [0.2, 0.25) is 5.02 Å². The Hall–Kier alpha value is -2.52. The standard InChI is InChI=1S/C17H19ClN4O2/c1-13(23)22-8-6-21(7-9-22)12-15(10-19)17(24)20-11-14-2-4-16(18)5-3-14/h2-5,12H,6-9,11H2,1H3,(H,20,24)/b15-12-. The van der Waals surface area contributed by atoms with Crippen LogP contribution >= 0.6 is 11.6 Å². The zero-order valence-corrected chi connectivity index (χ0v) is 14.2. The summed E-state index contributed by atoms with van der Waals surface area (Å²) in [6.07, 6.45) is 1.56. The average Bonchev–Trinajstić information content (AvgIpc) is 2.59. The minimum absolute atomic E-state index is 0.0415. The Morgan fingerprint density at radius 2 is 1.88 bits per heavy atom. The molecule has 1 aromatic carbocycles. The van der Waals surface area contributed by atoms with E-state index in [1.807, 2.05) is 23.1 Å². The van der Waals surface area contributed by atoms with Gasteiger partial charge in [-0.25, -0.2) is 0 Å². The van der Waals surface area contributed by atoms with Crippen LogP contribution in [0.4, 0.5) is 0 Å². The fourth-order valence-electron chi connectivity index (χ4n) is 2.37. The summed E-state index contributed by atoms with van der Waals surface area (Å²) >= 11 is 5.82. The molecule has 0 spiro atoms. The number of piperazine rings is 1. The predicted molar refractivity (Wildman–Crippen MR) is 90.8 cm³/mol. The summed E-state index contributed by atoms with van der Waals surface area (Å²) in [6.45, 7) is 4.27. The largest absolute Gasteiger partial charge is 0.373 e. The van der Waals surface area contributed by atoms with Crippen molar-refractivity contribution in [3.63, 3.8) is 0 Å². The molecule has 0 atom stereocenters. The highest BCUT2D eigenvalue weighted by molar-refractivity contribution is 6.30. The fourth-order valence-corrected chi connectivity index (χ4v) is 2.49. The number of nitrogens with zero attached hydrogens (tertiary/aromatic N) is 3. The third kappa shape index (κ3) is 5.00. The van der Waals surface area contributed by atoms with Crippen LogP contribution in [0.1, 0.15) is 12.5 Å². The second kappa shape index (κ2) is 8.37. The smallest absolute Gasteiger partial charge is 0.263 e. The van der Waals surface area contributed by atoms with Gasteiger partial charge in [-0.15, -0.1) is 0 Å². The molecule has 6 nitrogen and oxygen atoms in total. The summed E-state index contributed by atoms with van der Waals surface area (Å²) in [5, 5.41) is 12.6. The SMILES string of the molecule is CC(=O)N1CCN(/C=C(/C#N)C(=O)NCc2ccc(Cl)cc2)CC1. The van der Waals surface area contributed by atoms with Crippen LogP contribution in [0.25, 0.3) is 0 Å². The number of hydrogen-bond acceptors (Lipinski definition) is 4. The molecule has 1 aliphatic rings. The Morgan fingerprint density at radius 3 is 2.42 bits per heavy atom. The molecule has 1 saturated heterocycles. The summed E-state index contributed by atoms with van der Waals surface area (Å²) in [6, 6.07) is 9.07. The first-order valence-corrected chi connectivity index (χ1v) is 8.01. The number of rotatable bonds is 4. The lowest BCUT2D eigenvalue weighted by Crippen LogP contribution is -2.46. The van der Waals surface area contributed by atoms with E-state index in [0.29, 0.717) is 37.7 Å². The lowest BCUT2D eigenvalue weighted by molar-refractivity contribution is -0.130. The molecule has 1 heterocycles. The number of benzene rings is 1. The number of nitriles is 1. The van der Waals surface area contributed by atoms with Crippen LogP contribution < -0.4 is 5.32 Å². The van der Waals surface area contributed by atoms with Crippen molar-refractivity contribution in [3.05, 3.63) is 46.6 Å². The van der Waals surface area contributed by atoms with E-state index in [4.69, 9.17) is 11.6 Å². The van der Waals surface area contributed by atoms with Crippen LogP contribution in [-0.2, 0) is 16.1 Å². The summed E-state index contributed by atoms with van der Waals surface area (Å²) < 4.78 is 0. The topological polar surface area (TPSA) is 76.4 Å². The molecule has 0 unspecified atom stereocenters. The van der Waals surface area contributed by atoms with Gasteiger partial charge in [-0.3, -0.25) is 9.59 Å². The van der Waals surface area contributed by atoms with Crippen molar-refractivity contribution in [2.24, 2.45) is 0 Å². The van der Waals surface area contributed by atoms with Crippen molar-refractivity contribution in [1.82, 2.24) is 15.1 Å². The Labute approximate surface area is 146 Å². The molecular weight excluding hydrogens is 328 g/mol. The van der Waals surface area contributed by atoms with Gasteiger partial charge in [-0.2, -0.15) is 5.26 Å². The van der Waals surface area contributed by atoms with Gasteiger partial charge in [0.1, 0.15) is 11.6 Å². The van der Waals surface area contributed by atoms with E-state index >= 15 is 0 Å². The Morgan fingerprint density at radius 1 is 1.25 bits per heavy atom. The molecule has 0 saturated carbocycles. The van der Waals surface area contributed by atoms with E-state index in [2.05, 4.69) is 5.32 Å². The molecule has 1 aromatic rings. The summed E-state index contributed by atoms with van der Waals surface area (Å²) in [4.78, 5) is 27.1. The maximum atomic E-state index is 12.1. The summed E-state index contributed by atoms with van der Waals surface area (Å²) in [7, 11) is 0. The Balaban J connectivity index is 1.90. The molecule has 0 bridgehead atoms. The van der Waals surface area contributed by atoms with Gasteiger partial charge in [-0.05, 0) is 17.7 Å². The second-order valence-electron chi connectivity index (χ2n) is 5.51. The van der Waals surface area contributed by atoms with Crippen LogP contribution in [-0.4, -0.2) is 47.8 Å². The molecule has 1 fully saturated rings. The van der Waals surface area contributed by atoms with Crippen molar-refractivity contribution in [3.8, 4) is 6.07 Å². The molecule has 1 N–H and O–H groups in total. The predicted octanol–water partition coefficient (Wildman–Crippen LogP) is 1.53. The van der Waals surface area contributed by atoms with Crippen LogP contribution in [0.15, 0.2) is 36.0 Å². The number of carbonyl (C=O) groups is 2. The van der Waals surface area contributed by atoms with Crippen LogP contribution in [0.5, 0.6) is 0 Å². The van der Waals surface area contributed by atoms with Gasteiger partial charge in [0.25, 0.3) is 5.91 Å². The lowest BCUT2D eigenvalue weighted by atomic mass is 10.2. The van der Waals surface area contributed by atoms with Gasteiger partial charge in [0, 0.05) is 50.9 Å². The normalized spacial score (nSPS) is 15.0. The molecule has 0 aliphatic carbocycles. The minimum Gasteiger partial charge on any atom is -0.373 e. The lowest BCUT2D eigenvalue weighted by Gasteiger charge is -2.33. The number of nitrogens with one attached hydrogen (secondary N) is 1. The summed E-state index contributed by atoms with van der Waals surface area (Å²) in [5.74, 6) is -0.374. The molecule has 7 heteroatoms. The minimum atomic E-state index is -0.415. The number of hydrogen-bond donors (Lipinski definition) is 1. The highest BCUT2D eigenvalue weighted by atomic mass is 35.5. The van der Waals surface area contributed by atoms with E-state index in [0.717, 1.165) is 5.56 Å². The average molecular weight is 347 g/mol. The third-order valence-electron chi connectivity index (χ3n) is 3.80. The van der Waals surface area contributed by atoms with E-state index in [-0.39, 0.29) is 11.5 Å². The highest BCUT2D eigenvalue weighted by Crippen LogP contribution is 2.10. The van der Waals surface area contributed by atoms with Gasteiger partial charge in [0.2, 0.25) is 5.91 Å². The van der Waals surface area contributed by atoms with Gasteiger partial charge >= 0.3 is 0 Å². The molecule has 2 rings (SSSR count). The highest BCUT2D eigenvalue weighted by Gasteiger charge is 2.18. The van der Waals surface area contributed by atoms with E-state index in [1.165, 1.54) is 6.92 Å². The van der Waals surface area contributed by atoms with E-state index < -0.39 is 5.91 Å². The third-order valence-corrected chi connectivity index (χ3v) is 4.05. The quantitative estimate of drug-likeness (QED) is 0.662. The number of carbonyl (C=O) groups excluding carboxylic acids is 2. The monoisotopic (exact) mass is 346 g/mol. The van der Waals surface area contributed by atoms with Crippen molar-refractivity contribution in [1.29, 1.82) is 5.26 Å². The molecular formula is C17H19ClN4O2. The number of amides is 2. The fraction of sp³-hybridized carbons (Fsp3) is 0.353. The maximum Gasteiger partial charge on any atom is 0.263 e. The molecule has 24 heavy (non-hydrogen) atoms.